The van der Waals surface area contributed by atoms with Gasteiger partial charge in [0.05, 0.1) is 0 Å². The van der Waals surface area contributed by atoms with Gasteiger partial charge in [-0.25, -0.2) is 0 Å². The average Bonchev–Trinajstić information content (AvgIpc) is 2.98. The molecule has 0 aliphatic carbocycles. The number of hydrogen-bond acceptors (Lipinski definition) is 2. The smallest absolute Gasteiger partial charge is 0.0408 e. The molecule has 1 aliphatic rings. The van der Waals surface area contributed by atoms with E-state index in [1.165, 1.54) is 37.9 Å². The first kappa shape index (κ1) is 16.8. The van der Waals surface area contributed by atoms with Crippen LogP contribution in [0.2, 0.25) is 5.02 Å². The molecule has 1 fully saturated rings. The minimum Gasteiger partial charge on any atom is -0.312 e. The molecule has 1 aliphatic heterocycles. The highest BCUT2D eigenvalue weighted by molar-refractivity contribution is 6.30. The highest BCUT2D eigenvalue weighted by Gasteiger charge is 2.36. The number of nitrogens with zero attached hydrogens (tertiary/aromatic N) is 1. The molecular weight excluding hydrogens is 280 g/mol. The zero-order valence-corrected chi connectivity index (χ0v) is 14.4. The van der Waals surface area contributed by atoms with Gasteiger partial charge in [0.15, 0.2) is 0 Å². The van der Waals surface area contributed by atoms with Gasteiger partial charge >= 0.3 is 0 Å². The van der Waals surface area contributed by atoms with Crippen LogP contribution in [0, 0.1) is 0 Å². The summed E-state index contributed by atoms with van der Waals surface area (Å²) in [5, 5.41) is 4.60. The summed E-state index contributed by atoms with van der Waals surface area (Å²) in [6.45, 7) is 10.5. The van der Waals surface area contributed by atoms with Crippen LogP contribution in [0.5, 0.6) is 0 Å². The van der Waals surface area contributed by atoms with E-state index in [2.05, 4.69) is 49.2 Å². The van der Waals surface area contributed by atoms with Crippen LogP contribution < -0.4 is 5.32 Å². The second kappa shape index (κ2) is 7.62. The summed E-state index contributed by atoms with van der Waals surface area (Å²) in [4.78, 5) is 2.64. The summed E-state index contributed by atoms with van der Waals surface area (Å²) in [7, 11) is 0. The normalized spacial score (nSPS) is 18.1. The highest BCUT2D eigenvalue weighted by atomic mass is 35.5. The SMILES string of the molecule is CCCNC(Cc1cccc(Cl)c1)C(C)(C)N1CCCC1. The molecule has 0 amide bonds. The molecule has 2 rings (SSSR count). The van der Waals surface area contributed by atoms with Crippen LogP contribution in [0.3, 0.4) is 0 Å². The van der Waals surface area contributed by atoms with Crippen LogP contribution in [-0.4, -0.2) is 36.1 Å². The fraction of sp³-hybridized carbons (Fsp3) is 0.667. The summed E-state index contributed by atoms with van der Waals surface area (Å²) >= 11 is 6.14. The maximum absolute atomic E-state index is 6.14. The maximum atomic E-state index is 6.14. The molecule has 3 heteroatoms. The molecule has 1 saturated heterocycles. The lowest BCUT2D eigenvalue weighted by molar-refractivity contribution is 0.106. The average molecular weight is 309 g/mol. The van der Waals surface area contributed by atoms with Crippen molar-refractivity contribution in [3.05, 3.63) is 34.9 Å². The molecule has 1 aromatic rings. The van der Waals surface area contributed by atoms with Gasteiger partial charge in [-0.15, -0.1) is 0 Å². The Morgan fingerprint density at radius 1 is 1.29 bits per heavy atom. The first-order valence-corrected chi connectivity index (χ1v) is 8.64. The zero-order chi connectivity index (χ0) is 15.3. The van der Waals surface area contributed by atoms with E-state index >= 15 is 0 Å². The molecule has 1 heterocycles. The lowest BCUT2D eigenvalue weighted by Gasteiger charge is -2.43. The summed E-state index contributed by atoms with van der Waals surface area (Å²) in [6.07, 6.45) is 4.87. The van der Waals surface area contributed by atoms with Crippen molar-refractivity contribution in [2.75, 3.05) is 19.6 Å². The molecule has 1 unspecified atom stereocenters. The first-order valence-electron chi connectivity index (χ1n) is 8.27. The topological polar surface area (TPSA) is 15.3 Å². The molecule has 1 aromatic carbocycles. The molecular formula is C18H29ClN2. The first-order chi connectivity index (χ1) is 10.0. The molecule has 0 radical (unpaired) electrons. The van der Waals surface area contributed by atoms with Crippen LogP contribution in [-0.2, 0) is 6.42 Å². The van der Waals surface area contributed by atoms with Gasteiger partial charge in [-0.05, 0) is 76.9 Å². The van der Waals surface area contributed by atoms with Crippen LogP contribution in [0.25, 0.3) is 0 Å². The Morgan fingerprint density at radius 3 is 2.62 bits per heavy atom. The fourth-order valence-corrected chi connectivity index (χ4v) is 3.52. The number of benzene rings is 1. The van der Waals surface area contributed by atoms with E-state index in [0.717, 1.165) is 18.0 Å². The van der Waals surface area contributed by atoms with Gasteiger partial charge in [-0.1, -0.05) is 30.7 Å². The Labute approximate surface area is 134 Å². The maximum Gasteiger partial charge on any atom is 0.0408 e. The van der Waals surface area contributed by atoms with E-state index in [9.17, 15) is 0 Å². The Bertz CT molecular complexity index is 439. The third-order valence-electron chi connectivity index (χ3n) is 4.74. The standard InChI is InChI=1S/C18H29ClN2/c1-4-10-20-17(14-15-8-7-9-16(19)13-15)18(2,3)21-11-5-6-12-21/h7-9,13,17,20H,4-6,10-12,14H2,1-3H3. The monoisotopic (exact) mass is 308 g/mol. The van der Waals surface area contributed by atoms with Gasteiger partial charge in [0.25, 0.3) is 0 Å². The number of halogens is 1. The Balaban J connectivity index is 2.12. The van der Waals surface area contributed by atoms with Gasteiger partial charge in [-0.3, -0.25) is 4.90 Å². The minimum atomic E-state index is 0.175. The van der Waals surface area contributed by atoms with Crippen LogP contribution in [0.15, 0.2) is 24.3 Å². The van der Waals surface area contributed by atoms with E-state index in [4.69, 9.17) is 11.6 Å². The molecule has 0 spiro atoms. The fourth-order valence-electron chi connectivity index (χ4n) is 3.30. The number of nitrogens with one attached hydrogen (secondary N) is 1. The van der Waals surface area contributed by atoms with Crippen molar-refractivity contribution in [3.8, 4) is 0 Å². The summed E-state index contributed by atoms with van der Waals surface area (Å²) in [6, 6.07) is 8.74. The van der Waals surface area contributed by atoms with E-state index in [0.29, 0.717) is 6.04 Å². The quantitative estimate of drug-likeness (QED) is 0.815. The predicted molar refractivity (Wildman–Crippen MR) is 92.1 cm³/mol. The van der Waals surface area contributed by atoms with Gasteiger partial charge in [0.1, 0.15) is 0 Å². The summed E-state index contributed by atoms with van der Waals surface area (Å²) in [5.41, 5.74) is 1.50. The minimum absolute atomic E-state index is 0.175. The number of likely N-dealkylation sites (tertiary alicyclic amines) is 1. The third-order valence-corrected chi connectivity index (χ3v) is 4.98. The van der Waals surface area contributed by atoms with E-state index < -0.39 is 0 Å². The molecule has 2 nitrogen and oxygen atoms in total. The van der Waals surface area contributed by atoms with Crippen LogP contribution in [0.1, 0.15) is 45.6 Å². The molecule has 118 valence electrons. The summed E-state index contributed by atoms with van der Waals surface area (Å²) in [5.74, 6) is 0. The van der Waals surface area contributed by atoms with Crippen molar-refractivity contribution in [1.29, 1.82) is 0 Å². The van der Waals surface area contributed by atoms with Crippen molar-refractivity contribution in [2.45, 2.75) is 58.0 Å². The Hall–Kier alpha value is -0.570. The van der Waals surface area contributed by atoms with Crippen molar-refractivity contribution in [2.24, 2.45) is 0 Å². The van der Waals surface area contributed by atoms with Crippen LogP contribution in [0.4, 0.5) is 0 Å². The van der Waals surface area contributed by atoms with Crippen LogP contribution >= 0.6 is 11.6 Å². The highest BCUT2D eigenvalue weighted by Crippen LogP contribution is 2.27. The number of hydrogen-bond donors (Lipinski definition) is 1. The molecule has 21 heavy (non-hydrogen) atoms. The second-order valence-electron chi connectivity index (χ2n) is 6.69. The van der Waals surface area contributed by atoms with Crippen molar-refractivity contribution in [3.63, 3.8) is 0 Å². The third kappa shape index (κ3) is 4.45. The number of rotatable bonds is 7. The van der Waals surface area contributed by atoms with Gasteiger partial charge in [0.2, 0.25) is 0 Å². The molecule has 0 saturated carbocycles. The predicted octanol–water partition coefficient (Wildman–Crippen LogP) is 4.13. The lowest BCUT2D eigenvalue weighted by atomic mass is 9.87. The molecule has 1 atom stereocenters. The largest absolute Gasteiger partial charge is 0.312 e. The van der Waals surface area contributed by atoms with E-state index in [1.807, 2.05) is 6.07 Å². The van der Waals surface area contributed by atoms with Gasteiger partial charge in [0, 0.05) is 16.6 Å². The Kier molecular flexibility index (Phi) is 6.09. The second-order valence-corrected chi connectivity index (χ2v) is 7.13. The van der Waals surface area contributed by atoms with Gasteiger partial charge < -0.3 is 5.32 Å². The Morgan fingerprint density at radius 2 is 2.00 bits per heavy atom. The molecule has 0 bridgehead atoms. The van der Waals surface area contributed by atoms with Crippen molar-refractivity contribution >= 4 is 11.6 Å². The summed E-state index contributed by atoms with van der Waals surface area (Å²) < 4.78 is 0. The molecule has 1 N–H and O–H groups in total. The van der Waals surface area contributed by atoms with Crippen molar-refractivity contribution < 1.29 is 0 Å². The van der Waals surface area contributed by atoms with E-state index in [-0.39, 0.29) is 5.54 Å². The van der Waals surface area contributed by atoms with E-state index in [1.54, 1.807) is 0 Å². The lowest BCUT2D eigenvalue weighted by Crippen LogP contribution is -2.58. The van der Waals surface area contributed by atoms with Gasteiger partial charge in [-0.2, -0.15) is 0 Å². The zero-order valence-electron chi connectivity index (χ0n) is 13.7. The van der Waals surface area contributed by atoms with Crippen molar-refractivity contribution in [1.82, 2.24) is 10.2 Å². The molecule has 0 aromatic heterocycles.